The molecule has 14 nitrogen and oxygen atoms in total. The van der Waals surface area contributed by atoms with E-state index in [0.717, 1.165) is 77.2 Å². The average Bonchev–Trinajstić information content (AvgIpc) is 3.90. The Labute approximate surface area is 360 Å². The fraction of sp³-hybridized carbons (Fsp3) is 0.889. The van der Waals surface area contributed by atoms with Crippen molar-refractivity contribution >= 4 is 39.7 Å². The molecule has 0 aromatic rings. The van der Waals surface area contributed by atoms with E-state index in [-0.39, 0.29) is 71.0 Å². The molecule has 4 saturated carbocycles. The van der Waals surface area contributed by atoms with E-state index in [0.29, 0.717) is 25.8 Å². The molecule has 340 valence electrons. The molecule has 60 heavy (non-hydrogen) atoms. The van der Waals surface area contributed by atoms with Gasteiger partial charge in [0.1, 0.15) is 23.7 Å². The molecule has 0 radical (unpaired) electrons. The highest BCUT2D eigenvalue weighted by Crippen LogP contribution is 2.88. The number of carbonyl (C=O) groups is 5. The van der Waals surface area contributed by atoms with Crippen LogP contribution >= 0.6 is 0 Å². The molecule has 4 aliphatic carbocycles. The normalized spacial score (nSPS) is 31.1. The van der Waals surface area contributed by atoms with Crippen LogP contribution in [0.5, 0.6) is 0 Å². The Bertz CT molecular complexity index is 1770. The van der Waals surface area contributed by atoms with E-state index in [1.54, 1.807) is 18.7 Å². The van der Waals surface area contributed by atoms with Crippen LogP contribution < -0.4 is 20.7 Å². The van der Waals surface area contributed by atoms with Gasteiger partial charge in [0, 0.05) is 31.1 Å². The molecule has 2 saturated heterocycles. The molecule has 6 aliphatic rings. The number of rotatable bonds is 15. The topological polar surface area (TPSA) is 177 Å². The van der Waals surface area contributed by atoms with E-state index in [1.807, 2.05) is 27.7 Å². The standard InChI is InChI=1S/C45H77N7O7S/c1-11-31-26-45(31,40(57)49-60(58,59)50(12-2)13-3)48-37(54)33-27-44(42(9,10)43(44)23-19-24-43)28-52(33)39(56)35(41(6,7)8)47-38(55)34(30-20-15-14-16-21-30)46-36(53)32-22-17-18-25-51(32)29(4)5/h29-35H,11-28H2,1-10H3,(H,46,53)(H,47,55)(H,48,54)(H,49,57)/t31-,32?,33+,34+,35-,44-,45-/m1/s1. The Morgan fingerprint density at radius 1 is 0.800 bits per heavy atom. The van der Waals surface area contributed by atoms with Gasteiger partial charge in [-0.25, -0.2) is 4.72 Å². The third kappa shape index (κ3) is 8.03. The van der Waals surface area contributed by atoms with Gasteiger partial charge >= 0.3 is 10.2 Å². The highest BCUT2D eigenvalue weighted by Gasteiger charge is 2.85. The fourth-order valence-electron chi connectivity index (χ4n) is 12.5. The van der Waals surface area contributed by atoms with Crippen LogP contribution in [0, 0.1) is 33.5 Å². The van der Waals surface area contributed by atoms with Gasteiger partial charge in [-0.05, 0) is 99.8 Å². The zero-order valence-electron chi connectivity index (χ0n) is 38.4. The minimum atomic E-state index is -4.14. The first-order chi connectivity index (χ1) is 28.1. The van der Waals surface area contributed by atoms with E-state index in [1.165, 1.54) is 4.31 Å². The number of hydrogen-bond acceptors (Lipinski definition) is 8. The molecular weight excluding hydrogens is 783 g/mol. The lowest BCUT2D eigenvalue weighted by atomic mass is 9.73. The number of likely N-dealkylation sites (tertiary alicyclic amines) is 2. The van der Waals surface area contributed by atoms with E-state index in [9.17, 15) is 27.6 Å². The molecular formula is C45H77N7O7S. The number of hydrogen-bond donors (Lipinski definition) is 4. The SMILES string of the molecule is CC[C@@H]1C[C@]1(NC(=O)[C@@H]1C[C@@]2(CN1C(=O)[C@@H](NC(=O)[C@@H](NC(=O)C1CCCCN1C(C)C)C1CCCCC1)C(C)(C)C)C(C)(C)C21CCC1)C(=O)NS(=O)(=O)N(CC)CC. The lowest BCUT2D eigenvalue weighted by Gasteiger charge is -2.40. The molecule has 1 unspecified atom stereocenters. The predicted molar refractivity (Wildman–Crippen MR) is 231 cm³/mol. The minimum absolute atomic E-state index is 0.00811. The van der Waals surface area contributed by atoms with Crippen LogP contribution in [0.15, 0.2) is 0 Å². The molecule has 0 aromatic carbocycles. The molecule has 5 amide bonds. The second-order valence-electron chi connectivity index (χ2n) is 21.2. The van der Waals surface area contributed by atoms with Gasteiger partial charge in [-0.2, -0.15) is 12.7 Å². The molecule has 7 atom stereocenters. The molecule has 2 heterocycles. The maximum Gasteiger partial charge on any atom is 0.303 e. The maximum absolute atomic E-state index is 15.3. The zero-order chi connectivity index (χ0) is 44.2. The molecule has 6 fully saturated rings. The van der Waals surface area contributed by atoms with Crippen LogP contribution in [-0.4, -0.2) is 114 Å². The van der Waals surface area contributed by atoms with E-state index in [2.05, 4.69) is 53.3 Å². The first-order valence-corrected chi connectivity index (χ1v) is 24.8. The van der Waals surface area contributed by atoms with Gasteiger partial charge in [-0.3, -0.25) is 28.9 Å². The molecule has 2 aliphatic heterocycles. The number of carbonyl (C=O) groups excluding carboxylic acids is 5. The van der Waals surface area contributed by atoms with Gasteiger partial charge in [-0.1, -0.05) is 93.9 Å². The number of fused-ring (bicyclic) bond motifs is 1. The van der Waals surface area contributed by atoms with Gasteiger partial charge in [0.15, 0.2) is 0 Å². The van der Waals surface area contributed by atoms with Gasteiger partial charge in [0.25, 0.3) is 5.91 Å². The third-order valence-corrected chi connectivity index (χ3v) is 18.3. The molecule has 6 rings (SSSR count). The smallest absolute Gasteiger partial charge is 0.303 e. The monoisotopic (exact) mass is 860 g/mol. The summed E-state index contributed by atoms with van der Waals surface area (Å²) in [5.74, 6) is -2.44. The van der Waals surface area contributed by atoms with Crippen molar-refractivity contribution in [3.05, 3.63) is 0 Å². The van der Waals surface area contributed by atoms with Crippen molar-refractivity contribution < 1.29 is 32.4 Å². The van der Waals surface area contributed by atoms with Crippen LogP contribution in [0.4, 0.5) is 0 Å². The van der Waals surface area contributed by atoms with Crippen molar-refractivity contribution in [3.63, 3.8) is 0 Å². The minimum Gasteiger partial charge on any atom is -0.343 e. The Morgan fingerprint density at radius 3 is 1.95 bits per heavy atom. The summed E-state index contributed by atoms with van der Waals surface area (Å²) in [5, 5.41) is 9.40. The molecule has 0 bridgehead atoms. The van der Waals surface area contributed by atoms with Crippen molar-refractivity contribution in [3.8, 4) is 0 Å². The lowest BCUT2D eigenvalue weighted by molar-refractivity contribution is -0.145. The highest BCUT2D eigenvalue weighted by atomic mass is 32.2. The first-order valence-electron chi connectivity index (χ1n) is 23.4. The summed E-state index contributed by atoms with van der Waals surface area (Å²) in [7, 11) is -4.14. The van der Waals surface area contributed by atoms with Crippen LogP contribution in [0.25, 0.3) is 0 Å². The summed E-state index contributed by atoms with van der Waals surface area (Å²) < 4.78 is 29.8. The number of nitrogens with one attached hydrogen (secondary N) is 4. The van der Waals surface area contributed by atoms with Crippen LogP contribution in [0.2, 0.25) is 0 Å². The highest BCUT2D eigenvalue weighted by molar-refractivity contribution is 7.87. The summed E-state index contributed by atoms with van der Waals surface area (Å²) in [6.45, 7) is 21.3. The summed E-state index contributed by atoms with van der Waals surface area (Å²) in [6, 6.07) is -2.88. The fourth-order valence-corrected chi connectivity index (χ4v) is 13.8. The third-order valence-electron chi connectivity index (χ3n) is 16.6. The summed E-state index contributed by atoms with van der Waals surface area (Å²) in [4.78, 5) is 76.7. The maximum atomic E-state index is 15.3. The van der Waals surface area contributed by atoms with E-state index < -0.39 is 51.1 Å². The van der Waals surface area contributed by atoms with E-state index in [4.69, 9.17) is 0 Å². The van der Waals surface area contributed by atoms with Crippen molar-refractivity contribution in [2.75, 3.05) is 26.2 Å². The van der Waals surface area contributed by atoms with Crippen molar-refractivity contribution in [1.82, 2.24) is 34.8 Å². The summed E-state index contributed by atoms with van der Waals surface area (Å²) in [6.07, 6.45) is 11.7. The van der Waals surface area contributed by atoms with Crippen LogP contribution in [-0.2, 0) is 34.2 Å². The number of amides is 5. The Kier molecular flexibility index (Phi) is 13.3. The number of nitrogens with zero attached hydrogens (tertiary/aromatic N) is 3. The van der Waals surface area contributed by atoms with Crippen molar-refractivity contribution in [1.29, 1.82) is 0 Å². The second-order valence-corrected chi connectivity index (χ2v) is 22.8. The summed E-state index contributed by atoms with van der Waals surface area (Å²) in [5.41, 5.74) is -2.65. The Hall–Kier alpha value is -2.78. The molecule has 0 aromatic heterocycles. The zero-order valence-corrected chi connectivity index (χ0v) is 39.2. The Morgan fingerprint density at radius 2 is 1.43 bits per heavy atom. The van der Waals surface area contributed by atoms with Gasteiger partial charge < -0.3 is 20.9 Å². The Balaban J connectivity index is 1.28. The molecule has 2 spiro atoms. The van der Waals surface area contributed by atoms with Crippen LogP contribution in [0.3, 0.4) is 0 Å². The molecule has 15 heteroatoms. The second kappa shape index (κ2) is 17.1. The van der Waals surface area contributed by atoms with Crippen molar-refractivity contribution in [2.24, 2.45) is 33.5 Å². The largest absolute Gasteiger partial charge is 0.343 e. The first kappa shape index (κ1) is 46.7. The van der Waals surface area contributed by atoms with Gasteiger partial charge in [0.05, 0.1) is 6.04 Å². The predicted octanol–water partition coefficient (Wildman–Crippen LogP) is 4.63. The number of piperidine rings is 1. The summed E-state index contributed by atoms with van der Waals surface area (Å²) >= 11 is 0. The molecule has 4 N–H and O–H groups in total. The van der Waals surface area contributed by atoms with Gasteiger partial charge in [-0.15, -0.1) is 0 Å². The van der Waals surface area contributed by atoms with Crippen LogP contribution in [0.1, 0.15) is 159 Å². The quantitative estimate of drug-likeness (QED) is 0.184. The average molecular weight is 860 g/mol. The lowest BCUT2D eigenvalue weighted by Crippen LogP contribution is -2.63. The van der Waals surface area contributed by atoms with E-state index >= 15 is 4.79 Å². The van der Waals surface area contributed by atoms with Gasteiger partial charge in [0.2, 0.25) is 23.6 Å². The van der Waals surface area contributed by atoms with Crippen molar-refractivity contribution in [2.45, 2.75) is 195 Å².